The summed E-state index contributed by atoms with van der Waals surface area (Å²) in [5, 5.41) is 3.21. The highest BCUT2D eigenvalue weighted by Crippen LogP contribution is 2.07. The first-order chi connectivity index (χ1) is 8.62. The minimum absolute atomic E-state index is 0.256. The summed E-state index contributed by atoms with van der Waals surface area (Å²) in [6, 6.07) is 0. The maximum atomic E-state index is 11.2. The molecule has 0 fully saturated rings. The fraction of sp³-hybridized carbons (Fsp3) is 1.00. The molecular formula is C14H31NO2S. The van der Waals surface area contributed by atoms with Gasteiger partial charge in [0, 0.05) is 12.3 Å². The maximum absolute atomic E-state index is 11.2. The quantitative estimate of drug-likeness (QED) is 0.526. The van der Waals surface area contributed by atoms with Crippen molar-refractivity contribution in [1.82, 2.24) is 5.32 Å². The first-order valence-corrected chi connectivity index (χ1v) is 9.35. The first kappa shape index (κ1) is 17.9. The summed E-state index contributed by atoms with van der Waals surface area (Å²) in [4.78, 5) is 0. The molecule has 0 rings (SSSR count). The van der Waals surface area contributed by atoms with Crippen molar-refractivity contribution in [3.05, 3.63) is 0 Å². The van der Waals surface area contributed by atoms with Gasteiger partial charge in [-0.1, -0.05) is 58.8 Å². The molecule has 0 bridgehead atoms. The molecule has 110 valence electrons. The van der Waals surface area contributed by atoms with E-state index in [4.69, 9.17) is 0 Å². The van der Waals surface area contributed by atoms with E-state index in [1.807, 2.05) is 0 Å². The number of unbranched alkanes of at least 4 members (excludes halogenated alkanes) is 7. The van der Waals surface area contributed by atoms with Gasteiger partial charge in [-0.05, 0) is 13.0 Å². The van der Waals surface area contributed by atoms with Crippen molar-refractivity contribution in [2.45, 2.75) is 65.2 Å². The van der Waals surface area contributed by atoms with Gasteiger partial charge in [-0.25, -0.2) is 8.42 Å². The van der Waals surface area contributed by atoms with Crippen LogP contribution in [0.25, 0.3) is 0 Å². The van der Waals surface area contributed by atoms with Gasteiger partial charge in [-0.15, -0.1) is 0 Å². The van der Waals surface area contributed by atoms with Crippen LogP contribution in [0.4, 0.5) is 0 Å². The maximum Gasteiger partial charge on any atom is 0.151 e. The molecule has 0 saturated heterocycles. The molecular weight excluding hydrogens is 246 g/mol. The van der Waals surface area contributed by atoms with Crippen LogP contribution in [0.3, 0.4) is 0 Å². The molecule has 0 unspecified atom stereocenters. The summed E-state index contributed by atoms with van der Waals surface area (Å²) < 4.78 is 22.4. The second-order valence-corrected chi connectivity index (χ2v) is 7.43. The van der Waals surface area contributed by atoms with Crippen molar-refractivity contribution in [2.75, 3.05) is 24.6 Å². The van der Waals surface area contributed by atoms with E-state index in [0.717, 1.165) is 6.54 Å². The Morgan fingerprint density at radius 1 is 0.778 bits per heavy atom. The lowest BCUT2D eigenvalue weighted by atomic mass is 10.1. The average Bonchev–Trinajstić information content (AvgIpc) is 2.36. The monoisotopic (exact) mass is 277 g/mol. The predicted molar refractivity (Wildman–Crippen MR) is 79.8 cm³/mol. The van der Waals surface area contributed by atoms with Crippen LogP contribution in [0.2, 0.25) is 0 Å². The third-order valence-electron chi connectivity index (χ3n) is 3.24. The van der Waals surface area contributed by atoms with E-state index in [0.29, 0.717) is 6.54 Å². The summed E-state index contributed by atoms with van der Waals surface area (Å²) in [5.74, 6) is 0.535. The van der Waals surface area contributed by atoms with E-state index in [1.54, 1.807) is 6.92 Å². The SMILES string of the molecule is CCCCCCCCCCNCCS(=O)(=O)CC. The molecule has 0 saturated carbocycles. The molecule has 0 aliphatic carbocycles. The lowest BCUT2D eigenvalue weighted by Gasteiger charge is -2.05. The van der Waals surface area contributed by atoms with E-state index >= 15 is 0 Å². The van der Waals surface area contributed by atoms with Gasteiger partial charge < -0.3 is 5.32 Å². The smallest absolute Gasteiger partial charge is 0.151 e. The second-order valence-electron chi connectivity index (χ2n) is 4.96. The van der Waals surface area contributed by atoms with E-state index < -0.39 is 9.84 Å². The molecule has 0 aliphatic rings. The highest BCUT2D eigenvalue weighted by Gasteiger charge is 2.05. The lowest BCUT2D eigenvalue weighted by molar-refractivity contribution is 0.557. The normalized spacial score (nSPS) is 11.9. The molecule has 0 atom stereocenters. The minimum atomic E-state index is -2.79. The highest BCUT2D eigenvalue weighted by molar-refractivity contribution is 7.91. The fourth-order valence-corrected chi connectivity index (χ4v) is 2.62. The third kappa shape index (κ3) is 12.4. The van der Waals surface area contributed by atoms with E-state index in [9.17, 15) is 8.42 Å². The van der Waals surface area contributed by atoms with Gasteiger partial charge in [-0.3, -0.25) is 0 Å². The number of hydrogen-bond acceptors (Lipinski definition) is 3. The lowest BCUT2D eigenvalue weighted by Crippen LogP contribution is -2.24. The van der Waals surface area contributed by atoms with Crippen molar-refractivity contribution in [3.8, 4) is 0 Å². The molecule has 3 nitrogen and oxygen atoms in total. The standard InChI is InChI=1S/C14H31NO2S/c1-3-5-6-7-8-9-10-11-12-15-13-14-18(16,17)4-2/h15H,3-14H2,1-2H3. The zero-order valence-electron chi connectivity index (χ0n) is 12.2. The van der Waals surface area contributed by atoms with Gasteiger partial charge in [0.1, 0.15) is 0 Å². The van der Waals surface area contributed by atoms with Crippen LogP contribution in [-0.2, 0) is 9.84 Å². The van der Waals surface area contributed by atoms with Crippen molar-refractivity contribution >= 4 is 9.84 Å². The van der Waals surface area contributed by atoms with Gasteiger partial charge in [0.15, 0.2) is 9.84 Å². The first-order valence-electron chi connectivity index (χ1n) is 7.53. The Kier molecular flexibility index (Phi) is 11.9. The van der Waals surface area contributed by atoms with Crippen molar-refractivity contribution in [3.63, 3.8) is 0 Å². The van der Waals surface area contributed by atoms with Crippen LogP contribution in [0.15, 0.2) is 0 Å². The Labute approximate surface area is 114 Å². The van der Waals surface area contributed by atoms with Crippen LogP contribution >= 0.6 is 0 Å². The van der Waals surface area contributed by atoms with Crippen LogP contribution < -0.4 is 5.32 Å². The van der Waals surface area contributed by atoms with Gasteiger partial charge in [-0.2, -0.15) is 0 Å². The summed E-state index contributed by atoms with van der Waals surface area (Å²) >= 11 is 0. The molecule has 0 aromatic heterocycles. The van der Waals surface area contributed by atoms with Crippen LogP contribution in [0.1, 0.15) is 65.2 Å². The topological polar surface area (TPSA) is 46.2 Å². The van der Waals surface area contributed by atoms with Crippen LogP contribution in [0.5, 0.6) is 0 Å². The summed E-state index contributed by atoms with van der Waals surface area (Å²) in [6.45, 7) is 5.50. The van der Waals surface area contributed by atoms with E-state index in [-0.39, 0.29) is 11.5 Å². The number of rotatable bonds is 13. The number of sulfone groups is 1. The summed E-state index contributed by atoms with van der Waals surface area (Å²) in [5.41, 5.74) is 0. The molecule has 0 amide bonds. The van der Waals surface area contributed by atoms with Crippen molar-refractivity contribution < 1.29 is 8.42 Å². The minimum Gasteiger partial charge on any atom is -0.316 e. The van der Waals surface area contributed by atoms with Crippen molar-refractivity contribution in [2.24, 2.45) is 0 Å². The molecule has 0 radical (unpaired) electrons. The zero-order valence-corrected chi connectivity index (χ0v) is 13.0. The van der Waals surface area contributed by atoms with E-state index in [1.165, 1.54) is 51.4 Å². The molecule has 4 heteroatoms. The zero-order chi connectivity index (χ0) is 13.7. The Morgan fingerprint density at radius 2 is 1.33 bits per heavy atom. The summed E-state index contributed by atoms with van der Waals surface area (Å²) in [7, 11) is -2.79. The summed E-state index contributed by atoms with van der Waals surface area (Å²) in [6.07, 6.45) is 10.5. The van der Waals surface area contributed by atoms with Crippen LogP contribution in [-0.4, -0.2) is 33.0 Å². The Bertz CT molecular complexity index is 263. The van der Waals surface area contributed by atoms with E-state index in [2.05, 4.69) is 12.2 Å². The Morgan fingerprint density at radius 3 is 1.89 bits per heavy atom. The Balaban J connectivity index is 3.12. The van der Waals surface area contributed by atoms with Crippen LogP contribution in [0, 0.1) is 0 Å². The molecule has 18 heavy (non-hydrogen) atoms. The number of hydrogen-bond donors (Lipinski definition) is 1. The van der Waals surface area contributed by atoms with Gasteiger partial charge in [0.25, 0.3) is 0 Å². The second kappa shape index (κ2) is 12.0. The van der Waals surface area contributed by atoms with Gasteiger partial charge >= 0.3 is 0 Å². The predicted octanol–water partition coefficient (Wildman–Crippen LogP) is 3.15. The molecule has 0 aliphatic heterocycles. The highest BCUT2D eigenvalue weighted by atomic mass is 32.2. The number of nitrogens with one attached hydrogen (secondary N) is 1. The molecule has 0 spiro atoms. The molecule has 1 N–H and O–H groups in total. The average molecular weight is 277 g/mol. The molecule has 0 aromatic carbocycles. The largest absolute Gasteiger partial charge is 0.316 e. The van der Waals surface area contributed by atoms with Crippen molar-refractivity contribution in [1.29, 1.82) is 0 Å². The molecule has 0 heterocycles. The Hall–Kier alpha value is -0.0900. The third-order valence-corrected chi connectivity index (χ3v) is 4.94. The van der Waals surface area contributed by atoms with Gasteiger partial charge in [0.05, 0.1) is 5.75 Å². The fourth-order valence-electron chi connectivity index (χ4n) is 1.88. The molecule has 0 aromatic rings. The van der Waals surface area contributed by atoms with Gasteiger partial charge in [0.2, 0.25) is 0 Å².